The smallest absolute Gasteiger partial charge is 0.254 e. The molecule has 0 bridgehead atoms. The van der Waals surface area contributed by atoms with E-state index in [9.17, 15) is 9.90 Å². The van der Waals surface area contributed by atoms with Gasteiger partial charge in [-0.2, -0.15) is 0 Å². The average Bonchev–Trinajstić information content (AvgIpc) is 3.48. The lowest BCUT2D eigenvalue weighted by Gasteiger charge is -2.31. The van der Waals surface area contributed by atoms with Crippen LogP contribution in [0.5, 0.6) is 0 Å². The topological polar surface area (TPSA) is 120 Å². The molecule has 1 unspecified atom stereocenters. The van der Waals surface area contributed by atoms with Crippen molar-refractivity contribution in [3.63, 3.8) is 0 Å². The second kappa shape index (κ2) is 8.04. The molecule has 0 saturated carbocycles. The molecule has 1 fully saturated rings. The van der Waals surface area contributed by atoms with Crippen LogP contribution in [-0.2, 0) is 6.54 Å². The van der Waals surface area contributed by atoms with Crippen molar-refractivity contribution in [3.05, 3.63) is 59.6 Å². The molecule has 4 N–H and O–H groups in total. The molecule has 3 aromatic heterocycles. The summed E-state index contributed by atoms with van der Waals surface area (Å²) in [6.07, 6.45) is 9.46. The van der Waals surface area contributed by atoms with E-state index in [4.69, 9.17) is 4.98 Å². The monoisotopic (exact) mass is 446 g/mol. The Morgan fingerprint density at radius 2 is 1.97 bits per heavy atom. The van der Waals surface area contributed by atoms with Gasteiger partial charge in [0.15, 0.2) is 0 Å². The van der Waals surface area contributed by atoms with Gasteiger partial charge in [0.1, 0.15) is 11.6 Å². The number of aliphatic hydroxyl groups excluding tert-OH is 1. The Bertz CT molecular complexity index is 1180. The highest BCUT2D eigenvalue weighted by atomic mass is 16.3. The van der Waals surface area contributed by atoms with Gasteiger partial charge < -0.3 is 26.1 Å². The van der Waals surface area contributed by atoms with E-state index in [1.807, 2.05) is 29.2 Å². The Hall–Kier alpha value is -3.66. The van der Waals surface area contributed by atoms with Gasteiger partial charge in [-0.15, -0.1) is 0 Å². The van der Waals surface area contributed by atoms with E-state index < -0.39 is 0 Å². The average molecular weight is 447 g/mol. The van der Waals surface area contributed by atoms with Crippen LogP contribution in [0.1, 0.15) is 52.6 Å². The molecule has 0 aromatic carbocycles. The van der Waals surface area contributed by atoms with Crippen LogP contribution in [0.25, 0.3) is 0 Å². The van der Waals surface area contributed by atoms with Crippen molar-refractivity contribution in [2.45, 2.75) is 37.8 Å². The highest BCUT2D eigenvalue weighted by Crippen LogP contribution is 2.36. The number of aliphatic hydroxyl groups is 1. The first-order valence-corrected chi connectivity index (χ1v) is 11.4. The standard InChI is InChI=1S/C23H26N8O2/c32-15-4-8-30(9-5-15)14-1-2-19(25-11-14)29-18-13-26-21(17-12-27-23(33)20(17)18)16-3-6-28-31-10-7-24-22(16)31/h1-2,7,10-11,13,15-16,28,32H,3-6,8-9,12H2,(H,25,29)(H,27,33). The zero-order chi connectivity index (χ0) is 22.4. The van der Waals surface area contributed by atoms with E-state index in [1.54, 1.807) is 12.4 Å². The molecular formula is C23H26N8O2. The maximum Gasteiger partial charge on any atom is 0.254 e. The van der Waals surface area contributed by atoms with Crippen LogP contribution >= 0.6 is 0 Å². The van der Waals surface area contributed by atoms with Crippen LogP contribution in [-0.4, -0.2) is 56.4 Å². The number of aromatic nitrogens is 4. The fourth-order valence-corrected chi connectivity index (χ4v) is 4.99. The number of imidazole rings is 1. The molecule has 3 aliphatic heterocycles. The lowest BCUT2D eigenvalue weighted by Crippen LogP contribution is -2.35. The second-order valence-corrected chi connectivity index (χ2v) is 8.74. The first-order valence-electron chi connectivity index (χ1n) is 11.4. The van der Waals surface area contributed by atoms with Crippen molar-refractivity contribution in [1.82, 2.24) is 24.9 Å². The van der Waals surface area contributed by atoms with Crippen molar-refractivity contribution in [2.75, 3.05) is 35.3 Å². The summed E-state index contributed by atoms with van der Waals surface area (Å²) in [6.45, 7) is 2.93. The maximum atomic E-state index is 12.7. The minimum absolute atomic E-state index is 0.0391. The molecule has 10 heteroatoms. The van der Waals surface area contributed by atoms with Crippen molar-refractivity contribution in [1.29, 1.82) is 0 Å². The number of nitrogens with zero attached hydrogens (tertiary/aromatic N) is 5. The molecule has 6 heterocycles. The van der Waals surface area contributed by atoms with Crippen molar-refractivity contribution in [2.24, 2.45) is 0 Å². The van der Waals surface area contributed by atoms with Gasteiger partial charge >= 0.3 is 0 Å². The number of hydrogen-bond donors (Lipinski definition) is 4. The quantitative estimate of drug-likeness (QED) is 0.478. The van der Waals surface area contributed by atoms with Gasteiger partial charge in [0.2, 0.25) is 0 Å². The molecule has 10 nitrogen and oxygen atoms in total. The zero-order valence-corrected chi connectivity index (χ0v) is 18.2. The number of nitrogens with one attached hydrogen (secondary N) is 3. The number of carbonyl (C=O) groups is 1. The predicted octanol–water partition coefficient (Wildman–Crippen LogP) is 1.70. The van der Waals surface area contributed by atoms with E-state index in [-0.39, 0.29) is 17.9 Å². The van der Waals surface area contributed by atoms with Crippen LogP contribution in [0.15, 0.2) is 36.9 Å². The van der Waals surface area contributed by atoms with Crippen molar-refractivity contribution >= 4 is 23.1 Å². The van der Waals surface area contributed by atoms with Gasteiger partial charge in [-0.25, -0.2) is 9.97 Å². The highest BCUT2D eigenvalue weighted by Gasteiger charge is 2.33. The summed E-state index contributed by atoms with van der Waals surface area (Å²) in [5, 5.41) is 16.0. The number of rotatable bonds is 4. The Morgan fingerprint density at radius 3 is 2.79 bits per heavy atom. The minimum Gasteiger partial charge on any atom is -0.393 e. The summed E-state index contributed by atoms with van der Waals surface area (Å²) in [6, 6.07) is 3.93. The molecule has 1 saturated heterocycles. The fraction of sp³-hybridized carbons (Fsp3) is 0.391. The van der Waals surface area contributed by atoms with E-state index in [1.165, 1.54) is 0 Å². The number of piperidine rings is 1. The summed E-state index contributed by atoms with van der Waals surface area (Å²) in [5.41, 5.74) is 7.45. The SMILES string of the molecule is O=C1NCc2c(C3CCNn4ccnc43)ncc(Nc3ccc(N4CCC(O)CC4)cn3)c21. The Labute approximate surface area is 191 Å². The molecule has 0 spiro atoms. The second-order valence-electron chi connectivity index (χ2n) is 8.74. The number of anilines is 3. The van der Waals surface area contributed by atoms with Crippen molar-refractivity contribution in [3.8, 4) is 0 Å². The van der Waals surface area contributed by atoms with E-state index in [2.05, 4.69) is 30.9 Å². The Balaban J connectivity index is 1.27. The summed E-state index contributed by atoms with van der Waals surface area (Å²) >= 11 is 0. The lowest BCUT2D eigenvalue weighted by molar-refractivity contribution is 0.0966. The summed E-state index contributed by atoms with van der Waals surface area (Å²) in [7, 11) is 0. The van der Waals surface area contributed by atoms with Gasteiger partial charge in [-0.05, 0) is 31.4 Å². The van der Waals surface area contributed by atoms with Crippen LogP contribution in [0, 0.1) is 0 Å². The van der Waals surface area contributed by atoms with Crippen molar-refractivity contribution < 1.29 is 9.90 Å². The summed E-state index contributed by atoms with van der Waals surface area (Å²) in [4.78, 5) is 28.8. The number of fused-ring (bicyclic) bond motifs is 2. The first kappa shape index (κ1) is 20.0. The Kier molecular flexibility index (Phi) is 4.87. The number of amides is 1. The van der Waals surface area contributed by atoms with E-state index in [0.717, 1.165) is 61.7 Å². The summed E-state index contributed by atoms with van der Waals surface area (Å²) in [5.74, 6) is 1.51. The van der Waals surface area contributed by atoms with Crippen LogP contribution in [0.3, 0.4) is 0 Å². The van der Waals surface area contributed by atoms with E-state index in [0.29, 0.717) is 23.6 Å². The normalized spacial score (nSPS) is 20.1. The fourth-order valence-electron chi connectivity index (χ4n) is 4.99. The van der Waals surface area contributed by atoms with Gasteiger partial charge in [-0.3, -0.25) is 14.5 Å². The Morgan fingerprint density at radius 1 is 1.09 bits per heavy atom. The molecule has 6 rings (SSSR count). The minimum atomic E-state index is -0.205. The largest absolute Gasteiger partial charge is 0.393 e. The van der Waals surface area contributed by atoms with Crippen LogP contribution in [0.2, 0.25) is 0 Å². The highest BCUT2D eigenvalue weighted by molar-refractivity contribution is 6.04. The zero-order valence-electron chi connectivity index (χ0n) is 18.2. The molecule has 1 atom stereocenters. The predicted molar refractivity (Wildman–Crippen MR) is 123 cm³/mol. The molecule has 1 amide bonds. The lowest BCUT2D eigenvalue weighted by atomic mass is 9.93. The van der Waals surface area contributed by atoms with Gasteiger partial charge in [-0.1, -0.05) is 0 Å². The maximum absolute atomic E-state index is 12.7. The number of hydrogen-bond acceptors (Lipinski definition) is 8. The van der Waals surface area contributed by atoms with Crippen LogP contribution in [0.4, 0.5) is 17.2 Å². The third-order valence-corrected chi connectivity index (χ3v) is 6.73. The molecule has 33 heavy (non-hydrogen) atoms. The van der Waals surface area contributed by atoms with Gasteiger partial charge in [0.25, 0.3) is 5.91 Å². The van der Waals surface area contributed by atoms with E-state index >= 15 is 0 Å². The molecule has 0 aliphatic carbocycles. The third-order valence-electron chi connectivity index (χ3n) is 6.73. The molecule has 0 radical (unpaired) electrons. The first-order chi connectivity index (χ1) is 16.2. The molecule has 3 aromatic rings. The number of carbonyl (C=O) groups excluding carboxylic acids is 1. The third kappa shape index (κ3) is 3.56. The molecule has 170 valence electrons. The summed E-state index contributed by atoms with van der Waals surface area (Å²) < 4.78 is 1.94. The molecular weight excluding hydrogens is 420 g/mol. The van der Waals surface area contributed by atoms with Crippen LogP contribution < -0.4 is 21.0 Å². The van der Waals surface area contributed by atoms with Gasteiger partial charge in [0, 0.05) is 44.1 Å². The molecule has 3 aliphatic rings. The van der Waals surface area contributed by atoms with Gasteiger partial charge in [0.05, 0.1) is 47.0 Å². The number of pyridine rings is 2.